The average molecular weight is 393 g/mol. The van der Waals surface area contributed by atoms with Crippen LogP contribution in [0.5, 0.6) is 5.75 Å². The lowest BCUT2D eigenvalue weighted by Crippen LogP contribution is -2.32. The van der Waals surface area contributed by atoms with Crippen molar-refractivity contribution in [3.8, 4) is 5.75 Å². The first-order valence-electron chi connectivity index (χ1n) is 8.67. The van der Waals surface area contributed by atoms with E-state index in [1.54, 1.807) is 43.5 Å². The molecule has 1 aromatic heterocycles. The summed E-state index contributed by atoms with van der Waals surface area (Å²) in [5, 5.41) is 2.54. The molecule has 148 valence electrons. The number of benzene rings is 2. The van der Waals surface area contributed by atoms with Crippen LogP contribution >= 0.6 is 0 Å². The maximum Gasteiger partial charge on any atom is 0.295 e. The molecule has 1 heterocycles. The van der Waals surface area contributed by atoms with Gasteiger partial charge in [0.25, 0.3) is 17.4 Å². The van der Waals surface area contributed by atoms with Gasteiger partial charge in [-0.05, 0) is 42.0 Å². The van der Waals surface area contributed by atoms with Gasteiger partial charge in [0.15, 0.2) is 0 Å². The summed E-state index contributed by atoms with van der Waals surface area (Å²) < 4.78 is 6.08. The molecule has 3 aromatic rings. The number of methoxy groups -OCH3 is 1. The minimum atomic E-state index is -0.686. The molecule has 0 atom stereocenters. The van der Waals surface area contributed by atoms with Crippen LogP contribution in [-0.4, -0.2) is 23.7 Å². The van der Waals surface area contributed by atoms with E-state index in [0.29, 0.717) is 5.75 Å². The fourth-order valence-corrected chi connectivity index (χ4v) is 2.61. The zero-order valence-electron chi connectivity index (χ0n) is 15.6. The first-order valence-corrected chi connectivity index (χ1v) is 8.67. The van der Waals surface area contributed by atoms with Crippen molar-refractivity contribution >= 4 is 17.5 Å². The number of carbonyl (C=O) groups excluding carboxylic acids is 2. The number of para-hydroxylation sites is 1. The molecular weight excluding hydrogens is 374 g/mol. The molecule has 0 unspecified atom stereocenters. The average Bonchev–Trinajstić information content (AvgIpc) is 2.73. The Kier molecular flexibility index (Phi) is 5.94. The van der Waals surface area contributed by atoms with Crippen molar-refractivity contribution in [3.63, 3.8) is 0 Å². The summed E-state index contributed by atoms with van der Waals surface area (Å²) in [5.41, 5.74) is 5.73. The largest absolute Gasteiger partial charge is 0.497 e. The van der Waals surface area contributed by atoms with Gasteiger partial charge in [0.1, 0.15) is 17.9 Å². The first-order chi connectivity index (χ1) is 14.0. The molecule has 0 aliphatic carbocycles. The lowest BCUT2D eigenvalue weighted by Gasteiger charge is -2.11. The van der Waals surface area contributed by atoms with Gasteiger partial charge in [-0.1, -0.05) is 24.3 Å². The SMILES string of the molecule is COc1ccc(COn2cccc(C(=O)Nc3ccccc3C(N)=O)c2=O)cc1. The third-order valence-electron chi connectivity index (χ3n) is 4.13. The van der Waals surface area contributed by atoms with Crippen LogP contribution in [0.1, 0.15) is 26.3 Å². The molecule has 0 saturated carbocycles. The van der Waals surface area contributed by atoms with Crippen molar-refractivity contribution in [2.24, 2.45) is 5.73 Å². The number of nitrogens with one attached hydrogen (secondary N) is 1. The van der Waals surface area contributed by atoms with Gasteiger partial charge in [0, 0.05) is 6.20 Å². The molecule has 0 aliphatic heterocycles. The number of nitrogens with zero attached hydrogens (tertiary/aromatic N) is 1. The van der Waals surface area contributed by atoms with Crippen LogP contribution in [-0.2, 0) is 6.61 Å². The van der Waals surface area contributed by atoms with Gasteiger partial charge in [-0.15, -0.1) is 0 Å². The lowest BCUT2D eigenvalue weighted by molar-refractivity contribution is 0.0863. The number of amides is 2. The number of ether oxygens (including phenoxy) is 1. The molecule has 0 saturated heterocycles. The predicted octanol–water partition coefficient (Wildman–Crippen LogP) is 1.84. The van der Waals surface area contributed by atoms with Crippen LogP contribution in [0.25, 0.3) is 0 Å². The molecule has 0 bridgehead atoms. The van der Waals surface area contributed by atoms with Crippen molar-refractivity contribution in [1.82, 2.24) is 4.73 Å². The van der Waals surface area contributed by atoms with Gasteiger partial charge in [-0.25, -0.2) is 0 Å². The second-order valence-corrected chi connectivity index (χ2v) is 6.04. The summed E-state index contributed by atoms with van der Waals surface area (Å²) in [6.45, 7) is 0.124. The maximum atomic E-state index is 12.6. The van der Waals surface area contributed by atoms with Crippen LogP contribution in [0.15, 0.2) is 71.7 Å². The second-order valence-electron chi connectivity index (χ2n) is 6.04. The number of anilines is 1. The van der Waals surface area contributed by atoms with E-state index in [-0.39, 0.29) is 23.4 Å². The Labute approximate surface area is 166 Å². The Morgan fingerprint density at radius 2 is 1.69 bits per heavy atom. The van der Waals surface area contributed by atoms with Crippen molar-refractivity contribution in [3.05, 3.63) is 93.9 Å². The molecule has 2 aromatic carbocycles. The van der Waals surface area contributed by atoms with E-state index >= 15 is 0 Å². The quantitative estimate of drug-likeness (QED) is 0.636. The number of carbonyl (C=O) groups is 2. The molecule has 3 N–H and O–H groups in total. The fourth-order valence-electron chi connectivity index (χ4n) is 2.61. The number of rotatable bonds is 7. The van der Waals surface area contributed by atoms with Crippen molar-refractivity contribution < 1.29 is 19.2 Å². The molecule has 29 heavy (non-hydrogen) atoms. The molecule has 0 radical (unpaired) electrons. The number of pyridine rings is 1. The minimum absolute atomic E-state index is 0.124. The van der Waals surface area contributed by atoms with E-state index in [2.05, 4.69) is 5.32 Å². The van der Waals surface area contributed by atoms with E-state index in [4.69, 9.17) is 15.3 Å². The molecule has 0 fully saturated rings. The number of primary amides is 1. The normalized spacial score (nSPS) is 10.2. The minimum Gasteiger partial charge on any atom is -0.497 e. The Morgan fingerprint density at radius 3 is 2.38 bits per heavy atom. The number of hydrogen-bond donors (Lipinski definition) is 2. The topological polar surface area (TPSA) is 113 Å². The highest BCUT2D eigenvalue weighted by Gasteiger charge is 2.16. The molecule has 8 heteroatoms. The van der Waals surface area contributed by atoms with E-state index < -0.39 is 17.4 Å². The Morgan fingerprint density at radius 1 is 1.00 bits per heavy atom. The van der Waals surface area contributed by atoms with Crippen LogP contribution in [0.3, 0.4) is 0 Å². The summed E-state index contributed by atoms with van der Waals surface area (Å²) in [4.78, 5) is 42.2. The van der Waals surface area contributed by atoms with Crippen molar-refractivity contribution in [2.45, 2.75) is 6.61 Å². The highest BCUT2D eigenvalue weighted by molar-refractivity contribution is 6.08. The highest BCUT2D eigenvalue weighted by Crippen LogP contribution is 2.15. The smallest absolute Gasteiger partial charge is 0.295 e. The van der Waals surface area contributed by atoms with Gasteiger partial charge < -0.3 is 20.6 Å². The van der Waals surface area contributed by atoms with Crippen LogP contribution in [0, 0.1) is 0 Å². The van der Waals surface area contributed by atoms with E-state index in [0.717, 1.165) is 10.3 Å². The van der Waals surface area contributed by atoms with Crippen LogP contribution in [0.2, 0.25) is 0 Å². The molecular formula is C21H19N3O5. The third-order valence-corrected chi connectivity index (χ3v) is 4.13. The fraction of sp³-hybridized carbons (Fsp3) is 0.0952. The van der Waals surface area contributed by atoms with Gasteiger partial charge in [-0.2, -0.15) is 4.73 Å². The van der Waals surface area contributed by atoms with Crippen LogP contribution in [0.4, 0.5) is 5.69 Å². The Bertz CT molecular complexity index is 1090. The zero-order chi connectivity index (χ0) is 20.8. The predicted molar refractivity (Wildman–Crippen MR) is 107 cm³/mol. The number of aromatic nitrogens is 1. The third kappa shape index (κ3) is 4.62. The van der Waals surface area contributed by atoms with Crippen molar-refractivity contribution in [2.75, 3.05) is 12.4 Å². The monoisotopic (exact) mass is 393 g/mol. The Hall–Kier alpha value is -4.07. The lowest BCUT2D eigenvalue weighted by atomic mass is 10.1. The Balaban J connectivity index is 1.76. The summed E-state index contributed by atoms with van der Waals surface area (Å²) in [6.07, 6.45) is 1.42. The molecule has 2 amide bonds. The zero-order valence-corrected chi connectivity index (χ0v) is 15.6. The van der Waals surface area contributed by atoms with Crippen molar-refractivity contribution in [1.29, 1.82) is 0 Å². The van der Waals surface area contributed by atoms with E-state index in [1.807, 2.05) is 0 Å². The molecule has 3 rings (SSSR count). The van der Waals surface area contributed by atoms with Gasteiger partial charge in [0.2, 0.25) is 0 Å². The molecule has 8 nitrogen and oxygen atoms in total. The molecule has 0 spiro atoms. The standard InChI is InChI=1S/C21H19N3O5/c1-28-15-10-8-14(9-11-15)13-29-24-12-4-6-17(21(24)27)20(26)23-18-7-3-2-5-16(18)19(22)25/h2-12H,13H2,1H3,(H2,22,25)(H,23,26). The summed E-state index contributed by atoms with van der Waals surface area (Å²) in [7, 11) is 1.57. The number of hydrogen-bond acceptors (Lipinski definition) is 5. The second kappa shape index (κ2) is 8.75. The highest BCUT2D eigenvalue weighted by atomic mass is 16.7. The van der Waals surface area contributed by atoms with E-state index in [9.17, 15) is 14.4 Å². The van der Waals surface area contributed by atoms with Gasteiger partial charge in [0.05, 0.1) is 18.4 Å². The molecule has 0 aliphatic rings. The summed E-state index contributed by atoms with van der Waals surface area (Å²) in [5.74, 6) is -0.652. The summed E-state index contributed by atoms with van der Waals surface area (Å²) in [6, 6.07) is 16.3. The van der Waals surface area contributed by atoms with Crippen LogP contribution < -0.4 is 26.2 Å². The maximum absolute atomic E-state index is 12.6. The summed E-state index contributed by atoms with van der Waals surface area (Å²) >= 11 is 0. The van der Waals surface area contributed by atoms with Gasteiger partial charge in [-0.3, -0.25) is 14.4 Å². The van der Waals surface area contributed by atoms with Gasteiger partial charge >= 0.3 is 0 Å². The first kappa shape index (κ1) is 19.7. The number of nitrogens with two attached hydrogens (primary N) is 1. The van der Waals surface area contributed by atoms with E-state index in [1.165, 1.54) is 30.5 Å².